The molecule has 0 saturated heterocycles. The molecular formula is C17H26O3. The Kier molecular flexibility index (Phi) is 6.21. The van der Waals surface area contributed by atoms with Crippen molar-refractivity contribution >= 4 is 5.97 Å². The van der Waals surface area contributed by atoms with Crippen molar-refractivity contribution in [3.63, 3.8) is 0 Å². The van der Waals surface area contributed by atoms with Crippen LogP contribution in [0, 0.1) is 11.3 Å². The highest BCUT2D eigenvalue weighted by molar-refractivity contribution is 5.80. The number of carboxylic acids is 1. The quantitative estimate of drug-likeness (QED) is 0.525. The second-order valence-corrected chi connectivity index (χ2v) is 5.60. The van der Waals surface area contributed by atoms with E-state index in [-0.39, 0.29) is 5.92 Å². The zero-order valence-corrected chi connectivity index (χ0v) is 12.5. The molecule has 1 rings (SSSR count). The second kappa shape index (κ2) is 7.44. The normalized spacial score (nSPS) is 26.9. The molecule has 20 heavy (non-hydrogen) atoms. The molecule has 0 amide bonds. The van der Waals surface area contributed by atoms with E-state index in [1.807, 2.05) is 0 Å². The average Bonchev–Trinajstić information content (AvgIpc) is 2.42. The molecule has 0 aromatic carbocycles. The SMILES string of the molecule is C=CC(CCCCCC)C1(C(=O)O)C=CC=C(C)C1O. The summed E-state index contributed by atoms with van der Waals surface area (Å²) in [6.07, 6.45) is 10.9. The number of unbranched alkanes of at least 4 members (excludes halogenated alkanes) is 3. The monoisotopic (exact) mass is 278 g/mol. The van der Waals surface area contributed by atoms with E-state index in [1.54, 1.807) is 31.2 Å². The van der Waals surface area contributed by atoms with E-state index in [4.69, 9.17) is 0 Å². The minimum atomic E-state index is -1.27. The van der Waals surface area contributed by atoms with Crippen LogP contribution in [-0.4, -0.2) is 22.3 Å². The molecule has 0 aliphatic heterocycles. The maximum Gasteiger partial charge on any atom is 0.317 e. The fourth-order valence-corrected chi connectivity index (χ4v) is 2.93. The third kappa shape index (κ3) is 3.21. The maximum atomic E-state index is 11.8. The molecule has 1 aliphatic rings. The van der Waals surface area contributed by atoms with E-state index in [0.29, 0.717) is 5.57 Å². The van der Waals surface area contributed by atoms with Gasteiger partial charge in [0, 0.05) is 0 Å². The summed E-state index contributed by atoms with van der Waals surface area (Å²) in [7, 11) is 0. The number of allylic oxidation sites excluding steroid dienone is 3. The number of aliphatic hydroxyl groups excluding tert-OH is 1. The number of hydrogen-bond donors (Lipinski definition) is 2. The molecule has 0 radical (unpaired) electrons. The van der Waals surface area contributed by atoms with Gasteiger partial charge >= 0.3 is 5.97 Å². The third-order valence-electron chi connectivity index (χ3n) is 4.25. The first-order valence-electron chi connectivity index (χ1n) is 7.40. The van der Waals surface area contributed by atoms with Gasteiger partial charge in [-0.15, -0.1) is 6.58 Å². The first-order valence-corrected chi connectivity index (χ1v) is 7.40. The highest BCUT2D eigenvalue weighted by atomic mass is 16.4. The molecule has 0 aromatic heterocycles. The third-order valence-corrected chi connectivity index (χ3v) is 4.25. The topological polar surface area (TPSA) is 57.5 Å². The van der Waals surface area contributed by atoms with Gasteiger partial charge in [0.2, 0.25) is 0 Å². The van der Waals surface area contributed by atoms with Crippen molar-refractivity contribution in [2.24, 2.45) is 11.3 Å². The Morgan fingerprint density at radius 3 is 2.75 bits per heavy atom. The van der Waals surface area contributed by atoms with Crippen LogP contribution < -0.4 is 0 Å². The molecule has 0 bridgehead atoms. The molecule has 1 aliphatic carbocycles. The number of rotatable bonds is 8. The predicted molar refractivity (Wildman–Crippen MR) is 81.4 cm³/mol. The Hall–Kier alpha value is -1.35. The number of carbonyl (C=O) groups is 1. The van der Waals surface area contributed by atoms with E-state index in [1.165, 1.54) is 0 Å². The van der Waals surface area contributed by atoms with E-state index in [9.17, 15) is 15.0 Å². The number of hydrogen-bond acceptors (Lipinski definition) is 2. The van der Waals surface area contributed by atoms with Crippen molar-refractivity contribution in [1.29, 1.82) is 0 Å². The molecule has 2 N–H and O–H groups in total. The van der Waals surface area contributed by atoms with Gasteiger partial charge in [-0.05, 0) is 24.8 Å². The second-order valence-electron chi connectivity index (χ2n) is 5.60. The van der Waals surface area contributed by atoms with Gasteiger partial charge < -0.3 is 10.2 Å². The Morgan fingerprint density at radius 1 is 1.50 bits per heavy atom. The zero-order valence-electron chi connectivity index (χ0n) is 12.5. The summed E-state index contributed by atoms with van der Waals surface area (Å²) in [5, 5.41) is 20.1. The lowest BCUT2D eigenvalue weighted by Crippen LogP contribution is -2.48. The Labute approximate surface area is 121 Å². The Morgan fingerprint density at radius 2 is 2.20 bits per heavy atom. The van der Waals surface area contributed by atoms with Crippen LogP contribution in [0.15, 0.2) is 36.5 Å². The largest absolute Gasteiger partial charge is 0.480 e. The van der Waals surface area contributed by atoms with E-state index < -0.39 is 17.5 Å². The molecule has 0 fully saturated rings. The zero-order chi connectivity index (χ0) is 15.2. The first kappa shape index (κ1) is 16.7. The first-order chi connectivity index (χ1) is 9.50. The van der Waals surface area contributed by atoms with Crippen LogP contribution in [0.5, 0.6) is 0 Å². The van der Waals surface area contributed by atoms with Crippen molar-refractivity contribution in [3.8, 4) is 0 Å². The lowest BCUT2D eigenvalue weighted by atomic mass is 9.65. The lowest BCUT2D eigenvalue weighted by Gasteiger charge is -2.39. The van der Waals surface area contributed by atoms with E-state index in [2.05, 4.69) is 13.5 Å². The standard InChI is InChI=1S/C17H26O3/c1-4-6-7-8-11-14(5-2)17(16(19)20)12-9-10-13(3)15(17)18/h5,9-10,12,14-15,18H,2,4,6-8,11H2,1,3H3,(H,19,20). The molecule has 0 saturated carbocycles. The minimum absolute atomic E-state index is 0.258. The van der Waals surface area contributed by atoms with Crippen LogP contribution in [0.25, 0.3) is 0 Å². The molecule has 3 heteroatoms. The van der Waals surface area contributed by atoms with Gasteiger partial charge in [-0.25, -0.2) is 0 Å². The number of aliphatic hydroxyl groups is 1. The van der Waals surface area contributed by atoms with Gasteiger partial charge in [0.05, 0.1) is 6.10 Å². The number of carboxylic acid groups (broad SMARTS) is 1. The van der Waals surface area contributed by atoms with Gasteiger partial charge in [0.15, 0.2) is 0 Å². The van der Waals surface area contributed by atoms with E-state index >= 15 is 0 Å². The Balaban J connectivity index is 2.93. The molecule has 112 valence electrons. The molecule has 0 spiro atoms. The maximum absolute atomic E-state index is 11.8. The van der Waals surface area contributed by atoms with Gasteiger partial charge in [0.1, 0.15) is 5.41 Å². The summed E-state index contributed by atoms with van der Waals surface area (Å²) >= 11 is 0. The number of aliphatic carboxylic acids is 1. The molecule has 0 heterocycles. The van der Waals surface area contributed by atoms with Crippen LogP contribution >= 0.6 is 0 Å². The van der Waals surface area contributed by atoms with Crippen molar-refractivity contribution in [2.75, 3.05) is 0 Å². The average molecular weight is 278 g/mol. The van der Waals surface area contributed by atoms with Gasteiger partial charge in [-0.1, -0.05) is 56.9 Å². The van der Waals surface area contributed by atoms with Crippen LogP contribution in [-0.2, 0) is 4.79 Å². The summed E-state index contributed by atoms with van der Waals surface area (Å²) in [4.78, 5) is 11.8. The summed E-state index contributed by atoms with van der Waals surface area (Å²) in [6.45, 7) is 7.71. The van der Waals surface area contributed by atoms with Gasteiger partial charge in [0.25, 0.3) is 0 Å². The summed E-state index contributed by atoms with van der Waals surface area (Å²) in [6, 6.07) is 0. The molecular weight excluding hydrogens is 252 g/mol. The van der Waals surface area contributed by atoms with Crippen LogP contribution in [0.1, 0.15) is 46.0 Å². The lowest BCUT2D eigenvalue weighted by molar-refractivity contribution is -0.154. The minimum Gasteiger partial charge on any atom is -0.480 e. The van der Waals surface area contributed by atoms with Crippen molar-refractivity contribution in [1.82, 2.24) is 0 Å². The molecule has 3 atom stereocenters. The fraction of sp³-hybridized carbons (Fsp3) is 0.588. The van der Waals surface area contributed by atoms with E-state index in [0.717, 1.165) is 32.1 Å². The van der Waals surface area contributed by atoms with Crippen LogP contribution in [0.2, 0.25) is 0 Å². The van der Waals surface area contributed by atoms with Gasteiger partial charge in [-0.2, -0.15) is 0 Å². The molecule has 3 unspecified atom stereocenters. The smallest absolute Gasteiger partial charge is 0.317 e. The highest BCUT2D eigenvalue weighted by Gasteiger charge is 2.49. The summed E-state index contributed by atoms with van der Waals surface area (Å²) in [5.41, 5.74) is -0.581. The molecule has 0 aromatic rings. The fourth-order valence-electron chi connectivity index (χ4n) is 2.93. The molecule has 3 nitrogen and oxygen atoms in total. The van der Waals surface area contributed by atoms with Crippen LogP contribution in [0.4, 0.5) is 0 Å². The van der Waals surface area contributed by atoms with Gasteiger partial charge in [-0.3, -0.25) is 4.79 Å². The Bertz CT molecular complexity index is 408. The predicted octanol–water partition coefficient (Wildman–Crippen LogP) is 3.71. The summed E-state index contributed by atoms with van der Waals surface area (Å²) < 4.78 is 0. The van der Waals surface area contributed by atoms with Crippen molar-refractivity contribution < 1.29 is 15.0 Å². The van der Waals surface area contributed by atoms with Crippen molar-refractivity contribution in [2.45, 2.75) is 52.1 Å². The summed E-state index contributed by atoms with van der Waals surface area (Å²) in [5.74, 6) is -1.24. The van der Waals surface area contributed by atoms with Crippen molar-refractivity contribution in [3.05, 3.63) is 36.5 Å². The van der Waals surface area contributed by atoms with Crippen LogP contribution in [0.3, 0.4) is 0 Å². The highest BCUT2D eigenvalue weighted by Crippen LogP contribution is 2.42.